The van der Waals surface area contributed by atoms with Gasteiger partial charge in [-0.1, -0.05) is 17.7 Å². The first-order valence-electron chi connectivity index (χ1n) is 4.69. The SMILES string of the molecule is Cc1cc(C)c2c(=O)[nH]c(C)cc2c1. The summed E-state index contributed by atoms with van der Waals surface area (Å²) >= 11 is 0. The van der Waals surface area contributed by atoms with E-state index < -0.39 is 0 Å². The minimum atomic E-state index is 0.0116. The fourth-order valence-electron chi connectivity index (χ4n) is 1.94. The Kier molecular flexibility index (Phi) is 1.92. The molecule has 0 bridgehead atoms. The number of hydrogen-bond donors (Lipinski definition) is 1. The first-order valence-corrected chi connectivity index (χ1v) is 4.69. The molecule has 14 heavy (non-hydrogen) atoms. The Balaban J connectivity index is 3.02. The topological polar surface area (TPSA) is 32.9 Å². The lowest BCUT2D eigenvalue weighted by atomic mass is 10.0. The van der Waals surface area contributed by atoms with Gasteiger partial charge in [0.1, 0.15) is 0 Å². The first-order chi connectivity index (χ1) is 6.58. The number of benzene rings is 1. The standard InChI is InChI=1S/C12H13NO/c1-7-4-8(2)11-10(5-7)6-9(3)13-12(11)14/h4-6H,1-3H3,(H,13,14). The van der Waals surface area contributed by atoms with Gasteiger partial charge in [0.2, 0.25) is 0 Å². The van der Waals surface area contributed by atoms with Crippen molar-refractivity contribution in [2.75, 3.05) is 0 Å². The number of nitrogens with one attached hydrogen (secondary N) is 1. The zero-order valence-corrected chi connectivity index (χ0v) is 8.64. The van der Waals surface area contributed by atoms with Crippen molar-refractivity contribution in [3.8, 4) is 0 Å². The molecule has 0 unspecified atom stereocenters. The predicted octanol–water partition coefficient (Wildman–Crippen LogP) is 2.45. The van der Waals surface area contributed by atoms with Crippen LogP contribution in [0.15, 0.2) is 23.0 Å². The van der Waals surface area contributed by atoms with Crippen LogP contribution >= 0.6 is 0 Å². The van der Waals surface area contributed by atoms with E-state index in [2.05, 4.69) is 4.98 Å². The molecular weight excluding hydrogens is 174 g/mol. The van der Waals surface area contributed by atoms with Crippen LogP contribution in [0.2, 0.25) is 0 Å². The van der Waals surface area contributed by atoms with E-state index in [1.54, 1.807) is 0 Å². The molecule has 2 rings (SSSR count). The van der Waals surface area contributed by atoms with Gasteiger partial charge < -0.3 is 4.98 Å². The molecule has 0 fully saturated rings. The van der Waals surface area contributed by atoms with Crippen LogP contribution in [-0.4, -0.2) is 4.98 Å². The van der Waals surface area contributed by atoms with Crippen molar-refractivity contribution in [3.63, 3.8) is 0 Å². The molecule has 72 valence electrons. The molecule has 2 aromatic rings. The zero-order valence-electron chi connectivity index (χ0n) is 8.64. The van der Waals surface area contributed by atoms with Gasteiger partial charge in [0.25, 0.3) is 5.56 Å². The molecule has 0 saturated carbocycles. The van der Waals surface area contributed by atoms with Crippen LogP contribution in [-0.2, 0) is 0 Å². The van der Waals surface area contributed by atoms with Gasteiger partial charge in [0, 0.05) is 11.1 Å². The van der Waals surface area contributed by atoms with Gasteiger partial charge in [-0.3, -0.25) is 4.79 Å². The summed E-state index contributed by atoms with van der Waals surface area (Å²) in [5.74, 6) is 0. The van der Waals surface area contributed by atoms with Gasteiger partial charge in [0.15, 0.2) is 0 Å². The number of fused-ring (bicyclic) bond motifs is 1. The minimum absolute atomic E-state index is 0.0116. The van der Waals surface area contributed by atoms with E-state index in [0.29, 0.717) is 0 Å². The maximum atomic E-state index is 11.7. The van der Waals surface area contributed by atoms with Gasteiger partial charge in [-0.05, 0) is 37.8 Å². The van der Waals surface area contributed by atoms with Gasteiger partial charge in [-0.2, -0.15) is 0 Å². The highest BCUT2D eigenvalue weighted by molar-refractivity contribution is 5.85. The summed E-state index contributed by atoms with van der Waals surface area (Å²) in [6, 6.07) is 6.09. The number of aromatic nitrogens is 1. The Morgan fingerprint density at radius 1 is 1.07 bits per heavy atom. The molecular formula is C12H13NO. The minimum Gasteiger partial charge on any atom is -0.326 e. The largest absolute Gasteiger partial charge is 0.326 e. The maximum absolute atomic E-state index is 11.7. The van der Waals surface area contributed by atoms with Crippen LogP contribution in [0.5, 0.6) is 0 Å². The molecule has 0 spiro atoms. The summed E-state index contributed by atoms with van der Waals surface area (Å²) in [7, 11) is 0. The summed E-state index contributed by atoms with van der Waals surface area (Å²) in [5.41, 5.74) is 3.16. The Morgan fingerprint density at radius 2 is 1.79 bits per heavy atom. The van der Waals surface area contributed by atoms with E-state index >= 15 is 0 Å². The van der Waals surface area contributed by atoms with E-state index in [4.69, 9.17) is 0 Å². The summed E-state index contributed by atoms with van der Waals surface area (Å²) in [4.78, 5) is 14.5. The molecule has 0 aliphatic rings. The van der Waals surface area contributed by atoms with Crippen LogP contribution in [0.1, 0.15) is 16.8 Å². The van der Waals surface area contributed by atoms with Gasteiger partial charge >= 0.3 is 0 Å². The fraction of sp³-hybridized carbons (Fsp3) is 0.250. The van der Waals surface area contributed by atoms with Crippen molar-refractivity contribution >= 4 is 10.8 Å². The van der Waals surface area contributed by atoms with E-state index in [9.17, 15) is 4.79 Å². The number of rotatable bonds is 0. The quantitative estimate of drug-likeness (QED) is 0.675. The van der Waals surface area contributed by atoms with Crippen molar-refractivity contribution in [1.29, 1.82) is 0 Å². The molecule has 0 radical (unpaired) electrons. The average Bonchev–Trinajstić information content (AvgIpc) is 1.99. The van der Waals surface area contributed by atoms with E-state index in [0.717, 1.165) is 22.0 Å². The second-order valence-corrected chi connectivity index (χ2v) is 3.83. The third-order valence-electron chi connectivity index (χ3n) is 2.42. The Labute approximate surface area is 82.6 Å². The third-order valence-corrected chi connectivity index (χ3v) is 2.42. The molecule has 2 nitrogen and oxygen atoms in total. The lowest BCUT2D eigenvalue weighted by Crippen LogP contribution is -2.08. The number of aryl methyl sites for hydroxylation is 3. The van der Waals surface area contributed by atoms with Gasteiger partial charge in [0.05, 0.1) is 0 Å². The summed E-state index contributed by atoms with van der Waals surface area (Å²) in [5, 5.41) is 1.84. The predicted molar refractivity (Wildman–Crippen MR) is 58.8 cm³/mol. The Hall–Kier alpha value is -1.57. The van der Waals surface area contributed by atoms with Crippen molar-refractivity contribution < 1.29 is 0 Å². The smallest absolute Gasteiger partial charge is 0.256 e. The molecule has 1 N–H and O–H groups in total. The van der Waals surface area contributed by atoms with Crippen molar-refractivity contribution in [2.45, 2.75) is 20.8 Å². The third kappa shape index (κ3) is 1.33. The van der Waals surface area contributed by atoms with Crippen molar-refractivity contribution in [1.82, 2.24) is 4.98 Å². The van der Waals surface area contributed by atoms with E-state index in [-0.39, 0.29) is 5.56 Å². The van der Waals surface area contributed by atoms with Crippen molar-refractivity contribution in [3.05, 3.63) is 45.4 Å². The Bertz CT molecular complexity index is 547. The van der Waals surface area contributed by atoms with Crippen LogP contribution in [0.3, 0.4) is 0 Å². The van der Waals surface area contributed by atoms with Crippen LogP contribution in [0.4, 0.5) is 0 Å². The van der Waals surface area contributed by atoms with Crippen LogP contribution in [0.25, 0.3) is 10.8 Å². The molecule has 0 saturated heterocycles. The molecule has 1 aromatic heterocycles. The van der Waals surface area contributed by atoms with Crippen LogP contribution < -0.4 is 5.56 Å². The van der Waals surface area contributed by atoms with Crippen LogP contribution in [0, 0.1) is 20.8 Å². The molecule has 0 amide bonds. The number of H-pyrrole nitrogens is 1. The van der Waals surface area contributed by atoms with Crippen molar-refractivity contribution in [2.24, 2.45) is 0 Å². The number of aromatic amines is 1. The van der Waals surface area contributed by atoms with Gasteiger partial charge in [-0.15, -0.1) is 0 Å². The average molecular weight is 187 g/mol. The second-order valence-electron chi connectivity index (χ2n) is 3.83. The van der Waals surface area contributed by atoms with E-state index in [1.807, 2.05) is 39.0 Å². The molecule has 1 aromatic carbocycles. The normalized spacial score (nSPS) is 10.8. The lowest BCUT2D eigenvalue weighted by molar-refractivity contribution is 1.16. The summed E-state index contributed by atoms with van der Waals surface area (Å²) < 4.78 is 0. The lowest BCUT2D eigenvalue weighted by Gasteiger charge is -2.04. The highest BCUT2D eigenvalue weighted by atomic mass is 16.1. The molecule has 1 heterocycles. The second kappa shape index (κ2) is 2.98. The molecule has 0 atom stereocenters. The summed E-state index contributed by atoms with van der Waals surface area (Å²) in [6.07, 6.45) is 0. The molecule has 0 aliphatic heterocycles. The highest BCUT2D eigenvalue weighted by Gasteiger charge is 2.03. The molecule has 2 heteroatoms. The fourth-order valence-corrected chi connectivity index (χ4v) is 1.94. The highest BCUT2D eigenvalue weighted by Crippen LogP contribution is 2.17. The number of hydrogen-bond acceptors (Lipinski definition) is 1. The first kappa shape index (κ1) is 9.00. The van der Waals surface area contributed by atoms with Gasteiger partial charge in [-0.25, -0.2) is 0 Å². The number of pyridine rings is 1. The van der Waals surface area contributed by atoms with E-state index in [1.165, 1.54) is 5.56 Å². The summed E-state index contributed by atoms with van der Waals surface area (Å²) in [6.45, 7) is 5.92. The monoisotopic (exact) mass is 187 g/mol. The maximum Gasteiger partial charge on any atom is 0.256 e. The zero-order chi connectivity index (χ0) is 10.3. The Morgan fingerprint density at radius 3 is 2.50 bits per heavy atom. The molecule has 0 aliphatic carbocycles.